The van der Waals surface area contributed by atoms with E-state index in [0.29, 0.717) is 16.4 Å². The first-order valence-corrected chi connectivity index (χ1v) is 7.18. The molecule has 0 saturated heterocycles. The lowest BCUT2D eigenvalue weighted by atomic mass is 10.1. The number of anilines is 1. The number of pyridine rings is 1. The van der Waals surface area contributed by atoms with E-state index in [-0.39, 0.29) is 6.04 Å². The molecule has 2 rings (SSSR count). The molecule has 0 radical (unpaired) electrons. The minimum atomic E-state index is 0.0736. The van der Waals surface area contributed by atoms with E-state index < -0.39 is 0 Å². The second-order valence-electron chi connectivity index (χ2n) is 5.23. The van der Waals surface area contributed by atoms with Gasteiger partial charge in [-0.05, 0) is 50.1 Å². The summed E-state index contributed by atoms with van der Waals surface area (Å²) in [7, 11) is 1.95. The molecule has 1 aromatic heterocycles. The Bertz CT molecular complexity index is 704. The summed E-state index contributed by atoms with van der Waals surface area (Å²) < 4.78 is 0. The first kappa shape index (κ1) is 15.3. The molecule has 0 bridgehead atoms. The Labute approximate surface area is 130 Å². The molecule has 0 saturated carbocycles. The van der Waals surface area contributed by atoms with Crippen LogP contribution in [0.2, 0.25) is 5.02 Å². The van der Waals surface area contributed by atoms with Crippen molar-refractivity contribution in [2.24, 2.45) is 0 Å². The summed E-state index contributed by atoms with van der Waals surface area (Å²) in [5, 5.41) is 10.1. The smallest absolute Gasteiger partial charge is 0.147 e. The van der Waals surface area contributed by atoms with Crippen LogP contribution in [0.25, 0.3) is 0 Å². The molecule has 0 N–H and O–H groups in total. The third-order valence-electron chi connectivity index (χ3n) is 3.68. The lowest BCUT2D eigenvalue weighted by Gasteiger charge is -2.28. The van der Waals surface area contributed by atoms with Crippen LogP contribution in [0, 0.1) is 25.2 Å². The molecule has 0 aliphatic carbocycles. The fourth-order valence-corrected chi connectivity index (χ4v) is 2.58. The van der Waals surface area contributed by atoms with Crippen molar-refractivity contribution in [1.82, 2.24) is 4.98 Å². The average Bonchev–Trinajstić information content (AvgIpc) is 2.45. The van der Waals surface area contributed by atoms with Crippen LogP contribution >= 0.6 is 11.6 Å². The molecule has 1 heterocycles. The number of aromatic nitrogens is 1. The molecule has 0 amide bonds. The van der Waals surface area contributed by atoms with Gasteiger partial charge in [0.2, 0.25) is 0 Å². The van der Waals surface area contributed by atoms with Gasteiger partial charge in [-0.1, -0.05) is 23.7 Å². The summed E-state index contributed by atoms with van der Waals surface area (Å²) in [6.07, 6.45) is 0. The number of nitriles is 1. The molecule has 1 unspecified atom stereocenters. The van der Waals surface area contributed by atoms with Crippen molar-refractivity contribution in [3.8, 4) is 6.07 Å². The molecule has 3 nitrogen and oxygen atoms in total. The Morgan fingerprint density at radius 2 is 2.00 bits per heavy atom. The van der Waals surface area contributed by atoms with Gasteiger partial charge in [0.1, 0.15) is 11.9 Å². The quantitative estimate of drug-likeness (QED) is 0.842. The van der Waals surface area contributed by atoms with Crippen LogP contribution in [0.4, 0.5) is 5.82 Å². The van der Waals surface area contributed by atoms with E-state index >= 15 is 0 Å². The maximum absolute atomic E-state index is 9.40. The van der Waals surface area contributed by atoms with Crippen molar-refractivity contribution in [3.63, 3.8) is 0 Å². The number of aryl methyl sites for hydroxylation is 2. The number of rotatable bonds is 3. The third-order valence-corrected chi connectivity index (χ3v) is 3.92. The van der Waals surface area contributed by atoms with E-state index in [1.807, 2.05) is 56.1 Å². The summed E-state index contributed by atoms with van der Waals surface area (Å²) in [5.41, 5.74) is 3.57. The summed E-state index contributed by atoms with van der Waals surface area (Å²) in [4.78, 5) is 6.56. The van der Waals surface area contributed by atoms with Crippen molar-refractivity contribution < 1.29 is 0 Å². The normalized spacial score (nSPS) is 11.8. The zero-order valence-electron chi connectivity index (χ0n) is 12.7. The molecule has 21 heavy (non-hydrogen) atoms. The van der Waals surface area contributed by atoms with E-state index in [2.05, 4.69) is 18.0 Å². The molecule has 1 aromatic carbocycles. The zero-order chi connectivity index (χ0) is 15.6. The molecule has 0 fully saturated rings. The largest absolute Gasteiger partial charge is 0.352 e. The minimum absolute atomic E-state index is 0.0736. The number of halogens is 1. The van der Waals surface area contributed by atoms with Crippen molar-refractivity contribution in [2.75, 3.05) is 11.9 Å². The van der Waals surface area contributed by atoms with Crippen molar-refractivity contribution in [2.45, 2.75) is 26.8 Å². The summed E-state index contributed by atoms with van der Waals surface area (Å²) >= 11 is 6.06. The second-order valence-corrected chi connectivity index (χ2v) is 5.67. The predicted molar refractivity (Wildman–Crippen MR) is 86.7 cm³/mol. The van der Waals surface area contributed by atoms with Gasteiger partial charge in [0.05, 0.1) is 11.6 Å². The zero-order valence-corrected chi connectivity index (χ0v) is 13.4. The number of hydrogen-bond donors (Lipinski definition) is 0. The summed E-state index contributed by atoms with van der Waals surface area (Å²) in [6, 6.07) is 12.0. The molecular formula is C17H18ClN3. The van der Waals surface area contributed by atoms with Gasteiger partial charge in [0.25, 0.3) is 0 Å². The Morgan fingerprint density at radius 3 is 2.62 bits per heavy atom. The Morgan fingerprint density at radius 1 is 1.29 bits per heavy atom. The van der Waals surface area contributed by atoms with E-state index in [1.165, 1.54) is 0 Å². The topological polar surface area (TPSA) is 39.9 Å². The molecule has 4 heteroatoms. The Hall–Kier alpha value is -2.05. The first-order valence-electron chi connectivity index (χ1n) is 6.80. The standard InChI is InChI=1S/C17H18ClN3/c1-11-8-12(2)20-17(16(11)10-19)21(4)13(3)14-6-5-7-15(18)9-14/h5-9,13H,1-4H3. The molecule has 0 aliphatic heterocycles. The molecule has 0 spiro atoms. The van der Waals surface area contributed by atoms with Gasteiger partial charge in [-0.2, -0.15) is 5.26 Å². The van der Waals surface area contributed by atoms with Crippen LogP contribution < -0.4 is 4.90 Å². The van der Waals surface area contributed by atoms with Crippen molar-refractivity contribution in [1.29, 1.82) is 5.26 Å². The molecular weight excluding hydrogens is 282 g/mol. The highest BCUT2D eigenvalue weighted by Gasteiger charge is 2.18. The van der Waals surface area contributed by atoms with Gasteiger partial charge in [0, 0.05) is 17.8 Å². The highest BCUT2D eigenvalue weighted by molar-refractivity contribution is 6.30. The van der Waals surface area contributed by atoms with Crippen LogP contribution in [-0.4, -0.2) is 12.0 Å². The average molecular weight is 300 g/mol. The van der Waals surface area contributed by atoms with Crippen LogP contribution in [-0.2, 0) is 0 Å². The lowest BCUT2D eigenvalue weighted by Crippen LogP contribution is -2.24. The predicted octanol–water partition coefficient (Wildman–Crippen LogP) is 4.42. The fourth-order valence-electron chi connectivity index (χ4n) is 2.38. The van der Waals surface area contributed by atoms with Gasteiger partial charge in [-0.3, -0.25) is 0 Å². The van der Waals surface area contributed by atoms with E-state index in [9.17, 15) is 5.26 Å². The van der Waals surface area contributed by atoms with E-state index in [4.69, 9.17) is 11.6 Å². The number of benzene rings is 1. The first-order chi connectivity index (χ1) is 9.93. The van der Waals surface area contributed by atoms with Gasteiger partial charge in [-0.15, -0.1) is 0 Å². The number of nitrogens with zero attached hydrogens (tertiary/aromatic N) is 3. The lowest BCUT2D eigenvalue weighted by molar-refractivity contribution is 0.725. The van der Waals surface area contributed by atoms with Crippen molar-refractivity contribution >= 4 is 17.4 Å². The van der Waals surface area contributed by atoms with Gasteiger partial charge >= 0.3 is 0 Å². The van der Waals surface area contributed by atoms with Crippen molar-refractivity contribution in [3.05, 3.63) is 57.7 Å². The minimum Gasteiger partial charge on any atom is -0.352 e. The highest BCUT2D eigenvalue weighted by atomic mass is 35.5. The van der Waals surface area contributed by atoms with E-state index in [1.54, 1.807) is 0 Å². The highest BCUT2D eigenvalue weighted by Crippen LogP contribution is 2.29. The van der Waals surface area contributed by atoms with Crippen LogP contribution in [0.3, 0.4) is 0 Å². The fraction of sp³-hybridized carbons (Fsp3) is 0.294. The number of hydrogen-bond acceptors (Lipinski definition) is 3. The van der Waals surface area contributed by atoms with E-state index in [0.717, 1.165) is 16.8 Å². The molecule has 1 atom stereocenters. The second kappa shape index (κ2) is 6.15. The molecule has 108 valence electrons. The third kappa shape index (κ3) is 3.17. The maximum Gasteiger partial charge on any atom is 0.147 e. The van der Waals surface area contributed by atoms with Crippen LogP contribution in [0.1, 0.15) is 35.3 Å². The van der Waals surface area contributed by atoms with Gasteiger partial charge in [-0.25, -0.2) is 4.98 Å². The molecule has 0 aliphatic rings. The van der Waals surface area contributed by atoms with Crippen LogP contribution in [0.5, 0.6) is 0 Å². The summed E-state index contributed by atoms with van der Waals surface area (Å²) in [6.45, 7) is 5.95. The van der Waals surface area contributed by atoms with Gasteiger partial charge in [0.15, 0.2) is 0 Å². The Balaban J connectivity index is 2.45. The SMILES string of the molecule is Cc1cc(C)c(C#N)c(N(C)C(C)c2cccc(Cl)c2)n1. The monoisotopic (exact) mass is 299 g/mol. The maximum atomic E-state index is 9.40. The van der Waals surface area contributed by atoms with Gasteiger partial charge < -0.3 is 4.90 Å². The Kier molecular flexibility index (Phi) is 4.50. The summed E-state index contributed by atoms with van der Waals surface area (Å²) in [5.74, 6) is 0.711. The molecule has 2 aromatic rings. The van der Waals surface area contributed by atoms with Crippen LogP contribution in [0.15, 0.2) is 30.3 Å².